The van der Waals surface area contributed by atoms with E-state index in [1.807, 2.05) is 13.8 Å². The first-order chi connectivity index (χ1) is 8.87. The van der Waals surface area contributed by atoms with E-state index in [-0.39, 0.29) is 29.9 Å². The summed E-state index contributed by atoms with van der Waals surface area (Å²) in [4.78, 5) is 4.03. The van der Waals surface area contributed by atoms with Crippen molar-refractivity contribution in [3.63, 3.8) is 0 Å². The molecule has 1 aromatic rings. The fourth-order valence-electron chi connectivity index (χ4n) is 2.49. The van der Waals surface area contributed by atoms with Gasteiger partial charge in [-0.1, -0.05) is 13.8 Å². The minimum Gasteiger partial charge on any atom is -0.506 e. The highest BCUT2D eigenvalue weighted by molar-refractivity contribution is 5.40. The maximum atomic E-state index is 10.0. The molecule has 106 valence electrons. The molecule has 0 bridgehead atoms. The Bertz CT molecular complexity index is 474. The van der Waals surface area contributed by atoms with Crippen LogP contribution in [0.3, 0.4) is 0 Å². The highest BCUT2D eigenvalue weighted by atomic mass is 16.3. The molecule has 2 unspecified atom stereocenters. The van der Waals surface area contributed by atoms with E-state index in [4.69, 9.17) is 0 Å². The lowest BCUT2D eigenvalue weighted by Crippen LogP contribution is -2.59. The van der Waals surface area contributed by atoms with Gasteiger partial charge in [-0.3, -0.25) is 4.98 Å². The molecule has 2 atom stereocenters. The first kappa shape index (κ1) is 14.2. The van der Waals surface area contributed by atoms with Crippen molar-refractivity contribution < 1.29 is 15.3 Å². The van der Waals surface area contributed by atoms with Crippen LogP contribution in [0, 0.1) is 12.3 Å². The van der Waals surface area contributed by atoms with Gasteiger partial charge in [0.25, 0.3) is 0 Å². The zero-order chi connectivity index (χ0) is 14.2. The second-order valence-electron chi connectivity index (χ2n) is 5.86. The molecule has 2 rings (SSSR count). The lowest BCUT2D eigenvalue weighted by Gasteiger charge is -2.49. The summed E-state index contributed by atoms with van der Waals surface area (Å²) in [7, 11) is 0. The summed E-state index contributed by atoms with van der Waals surface area (Å²) in [5.74, 6) is 0.136. The van der Waals surface area contributed by atoms with Crippen LogP contribution in [0.1, 0.15) is 37.1 Å². The minimum absolute atomic E-state index is 0.136. The summed E-state index contributed by atoms with van der Waals surface area (Å²) in [5.41, 5.74) is 1.72. The summed E-state index contributed by atoms with van der Waals surface area (Å²) in [6.07, 6.45) is 2.02. The van der Waals surface area contributed by atoms with Crippen LogP contribution in [-0.2, 0) is 13.2 Å². The van der Waals surface area contributed by atoms with E-state index < -0.39 is 0 Å². The molecule has 0 saturated heterocycles. The Morgan fingerprint density at radius 1 is 1.47 bits per heavy atom. The van der Waals surface area contributed by atoms with Crippen molar-refractivity contribution in [2.24, 2.45) is 5.41 Å². The van der Waals surface area contributed by atoms with Crippen molar-refractivity contribution in [1.29, 1.82) is 0 Å². The Labute approximate surface area is 113 Å². The van der Waals surface area contributed by atoms with Gasteiger partial charge in [0.1, 0.15) is 5.75 Å². The number of aromatic hydroxyl groups is 1. The molecule has 0 spiro atoms. The molecular weight excluding hydrogens is 244 g/mol. The summed E-state index contributed by atoms with van der Waals surface area (Å²) in [5, 5.41) is 32.4. The van der Waals surface area contributed by atoms with Crippen LogP contribution in [0.4, 0.5) is 0 Å². The van der Waals surface area contributed by atoms with Crippen molar-refractivity contribution in [2.45, 2.75) is 52.5 Å². The first-order valence-electron chi connectivity index (χ1n) is 6.56. The SMILES string of the molecule is Cc1ncc(CO)c(CNC2CC(O)C2(C)C)c1O. The second kappa shape index (κ2) is 5.07. The fraction of sp³-hybridized carbons (Fsp3) is 0.643. The van der Waals surface area contributed by atoms with Crippen LogP contribution in [0.5, 0.6) is 5.75 Å². The smallest absolute Gasteiger partial charge is 0.141 e. The maximum Gasteiger partial charge on any atom is 0.141 e. The van der Waals surface area contributed by atoms with E-state index in [1.54, 1.807) is 13.1 Å². The lowest BCUT2D eigenvalue weighted by atomic mass is 9.64. The molecule has 5 heteroatoms. The molecule has 0 radical (unpaired) electrons. The lowest BCUT2D eigenvalue weighted by molar-refractivity contribution is -0.0730. The molecule has 1 heterocycles. The van der Waals surface area contributed by atoms with Crippen LogP contribution >= 0.6 is 0 Å². The van der Waals surface area contributed by atoms with E-state index in [2.05, 4.69) is 10.3 Å². The van der Waals surface area contributed by atoms with Crippen molar-refractivity contribution in [3.8, 4) is 5.75 Å². The third-order valence-electron chi connectivity index (χ3n) is 4.34. The van der Waals surface area contributed by atoms with E-state index in [1.165, 1.54) is 0 Å². The predicted octanol–water partition coefficient (Wildman–Crippen LogP) is 0.837. The zero-order valence-electron chi connectivity index (χ0n) is 11.6. The molecule has 0 aromatic carbocycles. The molecule has 4 N–H and O–H groups in total. The number of hydrogen-bond acceptors (Lipinski definition) is 5. The number of rotatable bonds is 4. The van der Waals surface area contributed by atoms with Crippen molar-refractivity contribution in [3.05, 3.63) is 23.0 Å². The monoisotopic (exact) mass is 266 g/mol. The van der Waals surface area contributed by atoms with Crippen LogP contribution < -0.4 is 5.32 Å². The molecule has 0 aliphatic heterocycles. The Morgan fingerprint density at radius 3 is 2.68 bits per heavy atom. The summed E-state index contributed by atoms with van der Waals surface area (Å²) in [6, 6.07) is 0.210. The van der Waals surface area contributed by atoms with Crippen LogP contribution in [0.25, 0.3) is 0 Å². The molecule has 0 amide bonds. The topological polar surface area (TPSA) is 85.6 Å². The number of aryl methyl sites for hydroxylation is 1. The number of nitrogens with one attached hydrogen (secondary N) is 1. The van der Waals surface area contributed by atoms with Crippen molar-refractivity contribution >= 4 is 0 Å². The Kier molecular flexibility index (Phi) is 3.80. The van der Waals surface area contributed by atoms with E-state index in [0.29, 0.717) is 29.8 Å². The van der Waals surface area contributed by atoms with Gasteiger partial charge in [-0.25, -0.2) is 0 Å². The van der Waals surface area contributed by atoms with Crippen LogP contribution in [0.15, 0.2) is 6.20 Å². The molecule has 1 saturated carbocycles. The van der Waals surface area contributed by atoms with Gasteiger partial charge in [0.05, 0.1) is 18.4 Å². The van der Waals surface area contributed by atoms with Gasteiger partial charge in [-0.05, 0) is 13.3 Å². The second-order valence-corrected chi connectivity index (χ2v) is 5.86. The molecule has 19 heavy (non-hydrogen) atoms. The van der Waals surface area contributed by atoms with Crippen molar-refractivity contribution in [1.82, 2.24) is 10.3 Å². The van der Waals surface area contributed by atoms with Crippen LogP contribution in [-0.4, -0.2) is 32.4 Å². The Morgan fingerprint density at radius 2 is 2.16 bits per heavy atom. The molecule has 1 aliphatic carbocycles. The third-order valence-corrected chi connectivity index (χ3v) is 4.34. The standard InChI is InChI=1S/C14H22N2O3/c1-8-13(19)10(9(7-17)5-15-8)6-16-11-4-12(18)14(11,2)3/h5,11-12,16-19H,4,6-7H2,1-3H3. The number of aliphatic hydroxyl groups excluding tert-OH is 2. The summed E-state index contributed by atoms with van der Waals surface area (Å²) < 4.78 is 0. The number of nitrogens with zero attached hydrogens (tertiary/aromatic N) is 1. The van der Waals surface area contributed by atoms with Gasteiger partial charge in [0.2, 0.25) is 0 Å². The van der Waals surface area contributed by atoms with Crippen molar-refractivity contribution in [2.75, 3.05) is 0 Å². The predicted molar refractivity (Wildman–Crippen MR) is 71.6 cm³/mol. The normalized spacial score (nSPS) is 25.1. The molecule has 1 aliphatic rings. The number of aromatic nitrogens is 1. The van der Waals surface area contributed by atoms with E-state index in [0.717, 1.165) is 0 Å². The zero-order valence-corrected chi connectivity index (χ0v) is 11.6. The highest BCUT2D eigenvalue weighted by Gasteiger charge is 2.46. The van der Waals surface area contributed by atoms with Crippen LogP contribution in [0.2, 0.25) is 0 Å². The number of pyridine rings is 1. The minimum atomic E-state index is -0.282. The summed E-state index contributed by atoms with van der Waals surface area (Å²) >= 11 is 0. The van der Waals surface area contributed by atoms with Gasteiger partial charge < -0.3 is 20.6 Å². The van der Waals surface area contributed by atoms with Gasteiger partial charge >= 0.3 is 0 Å². The highest BCUT2D eigenvalue weighted by Crippen LogP contribution is 2.40. The first-order valence-corrected chi connectivity index (χ1v) is 6.56. The van der Waals surface area contributed by atoms with Gasteiger partial charge in [-0.15, -0.1) is 0 Å². The fourth-order valence-corrected chi connectivity index (χ4v) is 2.49. The number of aliphatic hydroxyl groups is 2. The molecule has 1 aromatic heterocycles. The Hall–Kier alpha value is -1.17. The average Bonchev–Trinajstić information content (AvgIpc) is 2.38. The Balaban J connectivity index is 2.10. The van der Waals surface area contributed by atoms with Gasteiger partial charge in [-0.2, -0.15) is 0 Å². The van der Waals surface area contributed by atoms with E-state index >= 15 is 0 Å². The largest absolute Gasteiger partial charge is 0.506 e. The molecule has 1 fully saturated rings. The maximum absolute atomic E-state index is 10.0. The quantitative estimate of drug-likeness (QED) is 0.649. The van der Waals surface area contributed by atoms with Gasteiger partial charge in [0, 0.05) is 35.3 Å². The van der Waals surface area contributed by atoms with E-state index in [9.17, 15) is 15.3 Å². The van der Waals surface area contributed by atoms with Gasteiger partial charge in [0.15, 0.2) is 0 Å². The average molecular weight is 266 g/mol. The molecular formula is C14H22N2O3. The number of hydrogen-bond donors (Lipinski definition) is 4. The third kappa shape index (κ3) is 2.45. The summed E-state index contributed by atoms with van der Waals surface area (Å²) in [6.45, 7) is 6.09. The molecule has 5 nitrogen and oxygen atoms in total.